The van der Waals surface area contributed by atoms with Gasteiger partial charge in [-0.25, -0.2) is 13.1 Å². The van der Waals surface area contributed by atoms with Crippen molar-refractivity contribution in [1.82, 2.24) is 9.62 Å². The smallest absolute Gasteiger partial charge is 0.240 e. The van der Waals surface area contributed by atoms with Crippen LogP contribution < -0.4 is 15.2 Å². The molecule has 0 saturated carbocycles. The zero-order valence-electron chi connectivity index (χ0n) is 15.9. The van der Waals surface area contributed by atoms with Crippen molar-refractivity contribution in [2.24, 2.45) is 11.7 Å². The number of nitrogens with one attached hydrogen (secondary N) is 1. The molecule has 1 amide bonds. The Kier molecular flexibility index (Phi) is 9.52. The Morgan fingerprint density at radius 1 is 1.30 bits per heavy atom. The number of hydrogen-bond donors (Lipinski definition) is 2. The van der Waals surface area contributed by atoms with Crippen molar-refractivity contribution in [3.63, 3.8) is 0 Å². The molecule has 0 bridgehead atoms. The molecular formula is C18H30ClN3O4S. The summed E-state index contributed by atoms with van der Waals surface area (Å²) in [6.07, 6.45) is 1.96. The Balaban J connectivity index is 0.00000364. The number of rotatable bonds is 8. The summed E-state index contributed by atoms with van der Waals surface area (Å²) in [5.41, 5.74) is 5.91. The molecule has 1 unspecified atom stereocenters. The minimum absolute atomic E-state index is 0. The van der Waals surface area contributed by atoms with Gasteiger partial charge in [0.1, 0.15) is 5.75 Å². The maximum Gasteiger partial charge on any atom is 0.240 e. The van der Waals surface area contributed by atoms with E-state index < -0.39 is 10.0 Å². The van der Waals surface area contributed by atoms with Crippen LogP contribution in [0, 0.1) is 5.92 Å². The van der Waals surface area contributed by atoms with Gasteiger partial charge in [0.2, 0.25) is 15.9 Å². The first-order chi connectivity index (χ1) is 12.3. The zero-order valence-corrected chi connectivity index (χ0v) is 17.5. The number of halogens is 1. The van der Waals surface area contributed by atoms with E-state index in [1.54, 1.807) is 17.0 Å². The fourth-order valence-corrected chi connectivity index (χ4v) is 4.12. The lowest BCUT2D eigenvalue weighted by Crippen LogP contribution is -2.43. The number of nitrogens with zero attached hydrogens (tertiary/aromatic N) is 1. The van der Waals surface area contributed by atoms with Crippen LogP contribution in [0.4, 0.5) is 0 Å². The van der Waals surface area contributed by atoms with Crippen LogP contribution in [0.2, 0.25) is 0 Å². The molecule has 1 aromatic rings. The molecule has 1 fully saturated rings. The van der Waals surface area contributed by atoms with E-state index in [0.29, 0.717) is 31.4 Å². The number of carbonyl (C=O) groups is 1. The highest BCUT2D eigenvalue weighted by Gasteiger charge is 2.24. The summed E-state index contributed by atoms with van der Waals surface area (Å²) in [5.74, 6) is 1.05. The van der Waals surface area contributed by atoms with Gasteiger partial charge >= 0.3 is 0 Å². The van der Waals surface area contributed by atoms with Crippen molar-refractivity contribution >= 4 is 28.3 Å². The molecular weight excluding hydrogens is 390 g/mol. The summed E-state index contributed by atoms with van der Waals surface area (Å²) in [4.78, 5) is 14.2. The molecule has 1 heterocycles. The summed E-state index contributed by atoms with van der Waals surface area (Å²) in [7, 11) is -3.63. The monoisotopic (exact) mass is 419 g/mol. The lowest BCUT2D eigenvalue weighted by Gasteiger charge is -2.33. The second kappa shape index (κ2) is 10.8. The van der Waals surface area contributed by atoms with Gasteiger partial charge in [-0.2, -0.15) is 0 Å². The third-order valence-corrected chi connectivity index (χ3v) is 6.19. The van der Waals surface area contributed by atoms with Crippen LogP contribution in [0.3, 0.4) is 0 Å². The van der Waals surface area contributed by atoms with E-state index in [-0.39, 0.29) is 42.2 Å². The van der Waals surface area contributed by atoms with Gasteiger partial charge in [0.15, 0.2) is 0 Å². The van der Waals surface area contributed by atoms with E-state index >= 15 is 0 Å². The summed E-state index contributed by atoms with van der Waals surface area (Å²) in [6.45, 7) is 5.85. The van der Waals surface area contributed by atoms with Crippen molar-refractivity contribution in [3.05, 3.63) is 24.3 Å². The molecule has 0 aliphatic carbocycles. The predicted molar refractivity (Wildman–Crippen MR) is 108 cm³/mol. The molecule has 0 radical (unpaired) electrons. The van der Waals surface area contributed by atoms with Crippen molar-refractivity contribution in [2.45, 2.75) is 44.0 Å². The van der Waals surface area contributed by atoms with Gasteiger partial charge in [-0.05, 0) is 56.9 Å². The van der Waals surface area contributed by atoms with Crippen molar-refractivity contribution in [3.8, 4) is 5.75 Å². The number of likely N-dealkylation sites (tertiary alicyclic amines) is 1. The quantitative estimate of drug-likeness (QED) is 0.668. The Labute approximate surface area is 168 Å². The van der Waals surface area contributed by atoms with Crippen molar-refractivity contribution < 1.29 is 17.9 Å². The molecule has 2 rings (SSSR count). The highest BCUT2D eigenvalue weighted by atomic mass is 35.5. The van der Waals surface area contributed by atoms with Crippen LogP contribution in [0.15, 0.2) is 29.2 Å². The molecule has 1 saturated heterocycles. The third kappa shape index (κ3) is 6.95. The summed E-state index contributed by atoms with van der Waals surface area (Å²) in [5, 5.41) is 0. The van der Waals surface area contributed by atoms with E-state index in [2.05, 4.69) is 4.72 Å². The van der Waals surface area contributed by atoms with Crippen LogP contribution in [0.1, 0.15) is 33.1 Å². The van der Waals surface area contributed by atoms with Gasteiger partial charge < -0.3 is 15.4 Å². The van der Waals surface area contributed by atoms with E-state index in [1.165, 1.54) is 12.1 Å². The highest BCUT2D eigenvalue weighted by Crippen LogP contribution is 2.20. The summed E-state index contributed by atoms with van der Waals surface area (Å²) < 4.78 is 32.4. The number of sulfonamides is 1. The molecule has 27 heavy (non-hydrogen) atoms. The first-order valence-electron chi connectivity index (χ1n) is 9.09. The number of carbonyl (C=O) groups excluding carboxylic acids is 1. The van der Waals surface area contributed by atoms with Crippen molar-refractivity contribution in [2.75, 3.05) is 26.2 Å². The molecule has 1 aliphatic heterocycles. The van der Waals surface area contributed by atoms with Gasteiger partial charge in [0.25, 0.3) is 0 Å². The molecule has 3 N–H and O–H groups in total. The van der Waals surface area contributed by atoms with E-state index in [4.69, 9.17) is 10.5 Å². The van der Waals surface area contributed by atoms with Gasteiger partial charge in [-0.3, -0.25) is 4.79 Å². The Morgan fingerprint density at radius 2 is 1.89 bits per heavy atom. The van der Waals surface area contributed by atoms with Crippen LogP contribution in [-0.2, 0) is 14.8 Å². The van der Waals surface area contributed by atoms with Gasteiger partial charge in [0.05, 0.1) is 11.5 Å². The molecule has 1 aliphatic rings. The zero-order chi connectivity index (χ0) is 19.2. The van der Waals surface area contributed by atoms with Gasteiger partial charge in [-0.1, -0.05) is 0 Å². The number of amides is 1. The topological polar surface area (TPSA) is 102 Å². The van der Waals surface area contributed by atoms with Crippen LogP contribution in [0.5, 0.6) is 5.75 Å². The highest BCUT2D eigenvalue weighted by molar-refractivity contribution is 7.89. The average Bonchev–Trinajstić information content (AvgIpc) is 2.62. The number of hydrogen-bond acceptors (Lipinski definition) is 5. The first-order valence-corrected chi connectivity index (χ1v) is 10.6. The normalized spacial score (nSPS) is 16.5. The lowest BCUT2D eigenvalue weighted by molar-refractivity contribution is -0.132. The van der Waals surface area contributed by atoms with E-state index in [9.17, 15) is 13.2 Å². The molecule has 7 nitrogen and oxygen atoms in total. The molecule has 0 spiro atoms. The van der Waals surface area contributed by atoms with Crippen LogP contribution in [-0.4, -0.2) is 51.5 Å². The van der Waals surface area contributed by atoms with E-state index in [1.807, 2.05) is 13.8 Å². The maximum absolute atomic E-state index is 12.3. The average molecular weight is 420 g/mol. The lowest BCUT2D eigenvalue weighted by atomic mass is 9.91. The fourth-order valence-electron chi connectivity index (χ4n) is 3.09. The van der Waals surface area contributed by atoms with Gasteiger partial charge in [0, 0.05) is 32.1 Å². The van der Waals surface area contributed by atoms with Gasteiger partial charge in [-0.15, -0.1) is 12.4 Å². The fraction of sp³-hybridized carbons (Fsp3) is 0.611. The molecule has 1 aromatic carbocycles. The largest absolute Gasteiger partial charge is 0.494 e. The predicted octanol–water partition coefficient (Wildman–Crippen LogP) is 1.76. The second-order valence-electron chi connectivity index (χ2n) is 6.63. The minimum atomic E-state index is -3.63. The van der Waals surface area contributed by atoms with Crippen LogP contribution >= 0.6 is 12.4 Å². The number of ether oxygens (including phenoxy) is 1. The Morgan fingerprint density at radius 3 is 2.41 bits per heavy atom. The number of benzene rings is 1. The molecule has 1 atom stereocenters. The number of nitrogens with two attached hydrogens (primary N) is 1. The van der Waals surface area contributed by atoms with Crippen LogP contribution in [0.25, 0.3) is 0 Å². The Hall–Kier alpha value is -1.35. The summed E-state index contributed by atoms with van der Waals surface area (Å²) in [6, 6.07) is 6.37. The SMILES string of the molecule is CCOc1ccc(S(=O)(=O)NCCC(=O)N2CCC(C(C)N)CC2)cc1.Cl. The first kappa shape index (κ1) is 23.7. The maximum atomic E-state index is 12.3. The summed E-state index contributed by atoms with van der Waals surface area (Å²) >= 11 is 0. The number of piperidine rings is 1. The third-order valence-electron chi connectivity index (χ3n) is 4.71. The standard InChI is InChI=1S/C18H29N3O4S.ClH/c1-3-25-16-4-6-17(7-5-16)26(23,24)20-11-8-18(22)21-12-9-15(10-13-21)14(2)19;/h4-7,14-15,20H,3,8-13,19H2,1-2H3;1H. The minimum Gasteiger partial charge on any atom is -0.494 e. The Bertz CT molecular complexity index is 687. The van der Waals surface area contributed by atoms with E-state index in [0.717, 1.165) is 12.8 Å². The van der Waals surface area contributed by atoms with Crippen molar-refractivity contribution in [1.29, 1.82) is 0 Å². The molecule has 154 valence electrons. The molecule has 9 heteroatoms. The second-order valence-corrected chi connectivity index (χ2v) is 8.40. The molecule has 0 aromatic heterocycles.